The molecule has 2 rings (SSSR count). The van der Waals surface area contributed by atoms with Crippen LogP contribution in [-0.4, -0.2) is 68.0 Å². The van der Waals surface area contributed by atoms with Gasteiger partial charge in [-0.2, -0.15) is 0 Å². The summed E-state index contributed by atoms with van der Waals surface area (Å²) >= 11 is 6.15. The number of piperazine rings is 1. The lowest BCUT2D eigenvalue weighted by atomic mass is 9.93. The van der Waals surface area contributed by atoms with E-state index in [2.05, 4.69) is 25.4 Å². The van der Waals surface area contributed by atoms with Crippen LogP contribution in [0.2, 0.25) is 5.02 Å². The average molecular weight is 412 g/mol. The largest absolute Gasteiger partial charge is 0.359 e. The highest BCUT2D eigenvalue weighted by Crippen LogP contribution is 2.21. The highest BCUT2D eigenvalue weighted by molar-refractivity contribution is 6.31. The van der Waals surface area contributed by atoms with Crippen LogP contribution >= 0.6 is 11.6 Å². The van der Waals surface area contributed by atoms with Crippen molar-refractivity contribution < 1.29 is 9.18 Å². The van der Waals surface area contributed by atoms with Crippen molar-refractivity contribution >= 4 is 23.5 Å². The number of carbonyl (C=O) groups is 1. The number of carbonyl (C=O) groups excluding carboxylic acids is 1. The van der Waals surface area contributed by atoms with Crippen LogP contribution in [0.4, 0.5) is 4.39 Å². The molecule has 1 saturated heterocycles. The van der Waals surface area contributed by atoms with Crippen molar-refractivity contribution in [2.75, 3.05) is 46.3 Å². The summed E-state index contributed by atoms with van der Waals surface area (Å²) in [7, 11) is 1.64. The molecule has 6 nitrogen and oxygen atoms in total. The number of amides is 1. The fraction of sp³-hybridized carbons (Fsp3) is 0.600. The number of benzene rings is 1. The van der Waals surface area contributed by atoms with Gasteiger partial charge < -0.3 is 15.5 Å². The molecule has 1 aromatic carbocycles. The second-order valence-corrected chi connectivity index (χ2v) is 8.00. The minimum absolute atomic E-state index is 0.0290. The summed E-state index contributed by atoms with van der Waals surface area (Å²) in [6.45, 7) is 10.6. The lowest BCUT2D eigenvalue weighted by Crippen LogP contribution is -2.52. The number of rotatable bonds is 6. The molecule has 0 aliphatic carbocycles. The molecule has 0 aromatic heterocycles. The third kappa shape index (κ3) is 5.82. The number of aliphatic imine (C=N–C) groups is 1. The summed E-state index contributed by atoms with van der Waals surface area (Å²) in [6.07, 6.45) is 0. The lowest BCUT2D eigenvalue weighted by Gasteiger charge is -2.37. The van der Waals surface area contributed by atoms with Crippen LogP contribution in [0.25, 0.3) is 0 Å². The molecule has 156 valence electrons. The molecule has 0 saturated carbocycles. The molecule has 0 radical (unpaired) electrons. The van der Waals surface area contributed by atoms with Gasteiger partial charge in [0.1, 0.15) is 5.82 Å². The molecule has 1 heterocycles. The minimum Gasteiger partial charge on any atom is -0.359 e. The third-order valence-electron chi connectivity index (χ3n) is 4.92. The van der Waals surface area contributed by atoms with Crippen molar-refractivity contribution in [3.8, 4) is 0 Å². The van der Waals surface area contributed by atoms with E-state index < -0.39 is 5.41 Å². The molecule has 28 heavy (non-hydrogen) atoms. The molecule has 1 amide bonds. The summed E-state index contributed by atoms with van der Waals surface area (Å²) in [6, 6.07) is 4.79. The van der Waals surface area contributed by atoms with Crippen molar-refractivity contribution in [1.29, 1.82) is 0 Å². The lowest BCUT2D eigenvalue weighted by molar-refractivity contribution is -0.128. The molecule has 1 aromatic rings. The van der Waals surface area contributed by atoms with E-state index in [0.29, 0.717) is 23.7 Å². The Morgan fingerprint density at radius 3 is 2.54 bits per heavy atom. The van der Waals surface area contributed by atoms with Crippen molar-refractivity contribution in [1.82, 2.24) is 20.4 Å². The molecular weight excluding hydrogens is 381 g/mol. The monoisotopic (exact) mass is 411 g/mol. The number of guanidine groups is 1. The highest BCUT2D eigenvalue weighted by Gasteiger charge is 2.27. The van der Waals surface area contributed by atoms with E-state index in [1.54, 1.807) is 19.2 Å². The topological polar surface area (TPSA) is 60.0 Å². The first-order valence-electron chi connectivity index (χ1n) is 9.69. The van der Waals surface area contributed by atoms with Crippen molar-refractivity contribution in [3.63, 3.8) is 0 Å². The van der Waals surface area contributed by atoms with Gasteiger partial charge in [-0.3, -0.25) is 14.7 Å². The molecule has 0 unspecified atom stereocenters. The maximum absolute atomic E-state index is 14.0. The van der Waals surface area contributed by atoms with Crippen LogP contribution in [0.1, 0.15) is 26.3 Å². The molecule has 0 spiro atoms. The zero-order chi connectivity index (χ0) is 20.7. The first kappa shape index (κ1) is 22.4. The van der Waals surface area contributed by atoms with Crippen molar-refractivity contribution in [2.24, 2.45) is 10.4 Å². The fourth-order valence-electron chi connectivity index (χ4n) is 3.13. The zero-order valence-electron chi connectivity index (χ0n) is 17.2. The van der Waals surface area contributed by atoms with Crippen LogP contribution in [0.3, 0.4) is 0 Å². The summed E-state index contributed by atoms with van der Waals surface area (Å²) in [4.78, 5) is 21.1. The SMILES string of the molecule is CCNC(=NCC(C)(C)C(=O)NC)N1CCN(Cc2c(F)cccc2Cl)CC1. The van der Waals surface area contributed by atoms with Crippen molar-refractivity contribution in [3.05, 3.63) is 34.6 Å². The van der Waals surface area contributed by atoms with Crippen LogP contribution in [0.5, 0.6) is 0 Å². The van der Waals surface area contributed by atoms with E-state index in [9.17, 15) is 9.18 Å². The maximum atomic E-state index is 14.0. The number of hydrogen-bond donors (Lipinski definition) is 2. The van der Waals surface area contributed by atoms with Crippen LogP contribution in [0.15, 0.2) is 23.2 Å². The summed E-state index contributed by atoms with van der Waals surface area (Å²) in [5.41, 5.74) is -0.0238. The molecule has 0 bridgehead atoms. The number of nitrogens with one attached hydrogen (secondary N) is 2. The second-order valence-electron chi connectivity index (χ2n) is 7.60. The second kappa shape index (κ2) is 10.1. The van der Waals surface area contributed by atoms with Gasteiger partial charge in [0.2, 0.25) is 5.91 Å². The standard InChI is InChI=1S/C20H31ClFN5O/c1-5-24-19(25-14-20(2,3)18(28)23-4)27-11-9-26(10-12-27)13-15-16(21)7-6-8-17(15)22/h6-8H,5,9-14H2,1-4H3,(H,23,28)(H,24,25). The van der Waals surface area contributed by atoms with Crippen LogP contribution in [-0.2, 0) is 11.3 Å². The smallest absolute Gasteiger partial charge is 0.227 e. The average Bonchev–Trinajstić information content (AvgIpc) is 2.68. The first-order chi connectivity index (χ1) is 13.3. The van der Waals surface area contributed by atoms with E-state index in [0.717, 1.165) is 38.7 Å². The molecule has 8 heteroatoms. The quantitative estimate of drug-likeness (QED) is 0.557. The molecule has 0 atom stereocenters. The predicted molar refractivity (Wildman–Crippen MR) is 112 cm³/mol. The molecule has 1 aliphatic rings. The Labute approximate surface area is 172 Å². The van der Waals surface area contributed by atoms with Crippen molar-refractivity contribution in [2.45, 2.75) is 27.3 Å². The number of halogens is 2. The Balaban J connectivity index is 1.98. The predicted octanol–water partition coefficient (Wildman–Crippen LogP) is 2.33. The maximum Gasteiger partial charge on any atom is 0.227 e. The first-order valence-corrected chi connectivity index (χ1v) is 10.1. The van der Waals surface area contributed by atoms with E-state index >= 15 is 0 Å². The Bertz CT molecular complexity index is 682. The van der Waals surface area contributed by atoms with Gasteiger partial charge in [-0.15, -0.1) is 0 Å². The summed E-state index contributed by atoms with van der Waals surface area (Å²) in [5.74, 6) is 0.517. The zero-order valence-corrected chi connectivity index (χ0v) is 17.9. The van der Waals surface area contributed by atoms with Gasteiger partial charge in [0.25, 0.3) is 0 Å². The molecule has 2 N–H and O–H groups in total. The van der Waals surface area contributed by atoms with Gasteiger partial charge in [-0.1, -0.05) is 17.7 Å². The third-order valence-corrected chi connectivity index (χ3v) is 5.27. The van der Waals surface area contributed by atoms with E-state index in [4.69, 9.17) is 11.6 Å². The van der Waals surface area contributed by atoms with Gasteiger partial charge in [0.15, 0.2) is 5.96 Å². The number of nitrogens with zero attached hydrogens (tertiary/aromatic N) is 3. The summed E-state index contributed by atoms with van der Waals surface area (Å²) in [5, 5.41) is 6.46. The number of hydrogen-bond acceptors (Lipinski definition) is 3. The molecular formula is C20H31ClFN5O. The Kier molecular flexibility index (Phi) is 8.07. The normalized spacial score (nSPS) is 16.2. The molecule has 1 aliphatic heterocycles. The van der Waals surface area contributed by atoms with E-state index in [1.165, 1.54) is 6.07 Å². The summed E-state index contributed by atoms with van der Waals surface area (Å²) < 4.78 is 14.0. The highest BCUT2D eigenvalue weighted by atomic mass is 35.5. The van der Waals surface area contributed by atoms with Gasteiger partial charge >= 0.3 is 0 Å². The Morgan fingerprint density at radius 1 is 1.29 bits per heavy atom. The van der Waals surface area contributed by atoms with Gasteiger partial charge in [0, 0.05) is 56.9 Å². The Morgan fingerprint density at radius 2 is 1.96 bits per heavy atom. The van der Waals surface area contributed by atoms with E-state index in [-0.39, 0.29) is 11.7 Å². The van der Waals surface area contributed by atoms with E-state index in [1.807, 2.05) is 20.8 Å². The van der Waals surface area contributed by atoms with Crippen LogP contribution < -0.4 is 10.6 Å². The Hall–Kier alpha value is -1.86. The van der Waals surface area contributed by atoms with Gasteiger partial charge in [-0.05, 0) is 32.9 Å². The minimum atomic E-state index is -0.571. The van der Waals surface area contributed by atoms with Crippen LogP contribution in [0, 0.1) is 11.2 Å². The van der Waals surface area contributed by atoms with Gasteiger partial charge in [0.05, 0.1) is 12.0 Å². The fourth-order valence-corrected chi connectivity index (χ4v) is 3.36. The van der Waals surface area contributed by atoms with Gasteiger partial charge in [-0.25, -0.2) is 4.39 Å². The molecule has 1 fully saturated rings.